The molecule has 1 aliphatic heterocycles. The maximum Gasteiger partial charge on any atom is 0.282 e. The molecule has 4 rings (SSSR count). The van der Waals surface area contributed by atoms with Crippen LogP contribution in [0.4, 0.5) is 20.2 Å². The number of hydrogen-bond donors (Lipinski definition) is 1. The minimum Gasteiger partial charge on any atom is -0.497 e. The summed E-state index contributed by atoms with van der Waals surface area (Å²) in [6.07, 6.45) is 0. The van der Waals surface area contributed by atoms with Gasteiger partial charge in [0, 0.05) is 23.4 Å². The van der Waals surface area contributed by atoms with Gasteiger partial charge in [0.15, 0.2) is 0 Å². The number of nitrogens with one attached hydrogen (secondary N) is 1. The number of para-hydroxylation sites is 1. The Kier molecular flexibility index (Phi) is 5.59. The molecule has 0 aliphatic carbocycles. The van der Waals surface area contributed by atoms with Gasteiger partial charge >= 0.3 is 0 Å². The van der Waals surface area contributed by atoms with E-state index in [0.717, 1.165) is 18.2 Å². The third kappa shape index (κ3) is 3.66. The molecule has 0 saturated carbocycles. The summed E-state index contributed by atoms with van der Waals surface area (Å²) in [5.41, 5.74) is 0.192. The summed E-state index contributed by atoms with van der Waals surface area (Å²) in [5, 5.41) is 2.95. The van der Waals surface area contributed by atoms with Crippen LogP contribution < -0.4 is 19.7 Å². The summed E-state index contributed by atoms with van der Waals surface area (Å²) in [7, 11) is 2.93. The highest BCUT2D eigenvalue weighted by atomic mass is 19.1. The summed E-state index contributed by atoms with van der Waals surface area (Å²) in [6, 6.07) is 15.9. The van der Waals surface area contributed by atoms with Crippen LogP contribution >= 0.6 is 0 Å². The van der Waals surface area contributed by atoms with Crippen LogP contribution in [0.5, 0.6) is 11.5 Å². The third-order valence-electron chi connectivity index (χ3n) is 4.95. The van der Waals surface area contributed by atoms with Crippen molar-refractivity contribution in [1.29, 1.82) is 0 Å². The van der Waals surface area contributed by atoms with E-state index >= 15 is 0 Å². The topological polar surface area (TPSA) is 67.9 Å². The molecular formula is C24H18F2N2O4. The van der Waals surface area contributed by atoms with Crippen molar-refractivity contribution in [3.05, 3.63) is 89.6 Å². The Morgan fingerprint density at radius 2 is 1.62 bits per heavy atom. The highest BCUT2D eigenvalue weighted by Gasteiger charge is 2.42. The Bertz CT molecular complexity index is 1260. The third-order valence-corrected chi connectivity index (χ3v) is 4.95. The van der Waals surface area contributed by atoms with E-state index in [4.69, 9.17) is 9.47 Å². The van der Waals surface area contributed by atoms with E-state index in [9.17, 15) is 18.4 Å². The standard InChI is InChI=1S/C24H18F2N2O4/c1-31-16-7-5-6-15(13-16)27-22-21(17-8-3-4-9-20(17)32-2)23(29)28(24(22)30)19-12-14(25)10-11-18(19)26/h3-13,27H,1-2H3. The molecule has 0 spiro atoms. The van der Waals surface area contributed by atoms with Gasteiger partial charge in [-0.15, -0.1) is 0 Å². The summed E-state index contributed by atoms with van der Waals surface area (Å²) < 4.78 is 38.9. The molecule has 3 aromatic carbocycles. The molecule has 0 saturated heterocycles. The molecule has 32 heavy (non-hydrogen) atoms. The molecule has 3 aromatic rings. The number of nitrogens with zero attached hydrogens (tertiary/aromatic N) is 1. The van der Waals surface area contributed by atoms with E-state index in [1.165, 1.54) is 14.2 Å². The van der Waals surface area contributed by atoms with Crippen LogP contribution in [0.15, 0.2) is 72.4 Å². The first kappa shape index (κ1) is 21.0. The molecule has 0 aromatic heterocycles. The number of anilines is 2. The van der Waals surface area contributed by atoms with E-state index in [1.807, 2.05) is 0 Å². The summed E-state index contributed by atoms with van der Waals surface area (Å²) in [4.78, 5) is 27.4. The predicted molar refractivity (Wildman–Crippen MR) is 115 cm³/mol. The number of amides is 2. The van der Waals surface area contributed by atoms with Gasteiger partial charge in [0.25, 0.3) is 11.8 Å². The van der Waals surface area contributed by atoms with Gasteiger partial charge in [-0.3, -0.25) is 9.59 Å². The van der Waals surface area contributed by atoms with E-state index < -0.39 is 29.1 Å². The smallest absolute Gasteiger partial charge is 0.282 e. The molecule has 0 unspecified atom stereocenters. The Morgan fingerprint density at radius 1 is 0.844 bits per heavy atom. The molecular weight excluding hydrogens is 418 g/mol. The molecule has 8 heteroatoms. The van der Waals surface area contributed by atoms with Gasteiger partial charge in [0.1, 0.15) is 28.8 Å². The van der Waals surface area contributed by atoms with E-state index in [0.29, 0.717) is 27.6 Å². The van der Waals surface area contributed by atoms with Gasteiger partial charge in [-0.05, 0) is 30.3 Å². The maximum absolute atomic E-state index is 14.5. The highest BCUT2D eigenvalue weighted by molar-refractivity contribution is 6.46. The predicted octanol–water partition coefficient (Wildman–Crippen LogP) is 4.38. The van der Waals surface area contributed by atoms with Crippen LogP contribution in [0.1, 0.15) is 5.56 Å². The fraction of sp³-hybridized carbons (Fsp3) is 0.0833. The van der Waals surface area contributed by atoms with Gasteiger partial charge in [-0.1, -0.05) is 24.3 Å². The molecule has 6 nitrogen and oxygen atoms in total. The number of halogens is 2. The van der Waals surface area contributed by atoms with E-state index in [1.54, 1.807) is 48.5 Å². The number of imide groups is 1. The average molecular weight is 436 g/mol. The van der Waals surface area contributed by atoms with E-state index in [-0.39, 0.29) is 11.3 Å². The first-order valence-corrected chi connectivity index (χ1v) is 9.57. The molecule has 0 fully saturated rings. The van der Waals surface area contributed by atoms with Gasteiger partial charge in [0.2, 0.25) is 0 Å². The molecule has 0 atom stereocenters. The molecule has 1 N–H and O–H groups in total. The lowest BCUT2D eigenvalue weighted by molar-refractivity contribution is -0.120. The zero-order valence-corrected chi connectivity index (χ0v) is 17.2. The minimum atomic E-state index is -0.907. The average Bonchev–Trinajstić information content (AvgIpc) is 3.04. The Hall–Kier alpha value is -4.20. The van der Waals surface area contributed by atoms with E-state index in [2.05, 4.69) is 5.32 Å². The van der Waals surface area contributed by atoms with Crippen LogP contribution in [0.2, 0.25) is 0 Å². The van der Waals surface area contributed by atoms with Crippen molar-refractivity contribution in [2.24, 2.45) is 0 Å². The van der Waals surface area contributed by atoms with Crippen molar-refractivity contribution < 1.29 is 27.8 Å². The molecule has 2 amide bonds. The first-order valence-electron chi connectivity index (χ1n) is 9.57. The highest BCUT2D eigenvalue weighted by Crippen LogP contribution is 2.38. The number of ether oxygens (including phenoxy) is 2. The quantitative estimate of drug-likeness (QED) is 0.581. The second kappa shape index (κ2) is 8.50. The summed E-state index contributed by atoms with van der Waals surface area (Å²) >= 11 is 0. The second-order valence-corrected chi connectivity index (χ2v) is 6.85. The molecule has 1 heterocycles. The fourth-order valence-electron chi connectivity index (χ4n) is 3.47. The first-order chi connectivity index (χ1) is 15.4. The van der Waals surface area contributed by atoms with Gasteiger partial charge < -0.3 is 14.8 Å². The van der Waals surface area contributed by atoms with Crippen LogP contribution in [0, 0.1) is 11.6 Å². The van der Waals surface area contributed by atoms with Crippen molar-refractivity contribution in [3.8, 4) is 11.5 Å². The van der Waals surface area contributed by atoms with Crippen LogP contribution in [-0.2, 0) is 9.59 Å². The maximum atomic E-state index is 14.5. The number of rotatable bonds is 6. The van der Waals surface area contributed by atoms with Gasteiger partial charge in [-0.2, -0.15) is 0 Å². The van der Waals surface area contributed by atoms with Crippen LogP contribution in [0.25, 0.3) is 5.57 Å². The van der Waals surface area contributed by atoms with Crippen molar-refractivity contribution in [1.82, 2.24) is 0 Å². The monoisotopic (exact) mass is 436 g/mol. The van der Waals surface area contributed by atoms with Crippen molar-refractivity contribution in [2.45, 2.75) is 0 Å². The molecule has 0 bridgehead atoms. The number of benzene rings is 3. The molecule has 0 radical (unpaired) electrons. The van der Waals surface area contributed by atoms with Gasteiger partial charge in [0.05, 0.1) is 25.5 Å². The Balaban J connectivity index is 1.89. The fourth-order valence-corrected chi connectivity index (χ4v) is 3.47. The van der Waals surface area contributed by atoms with Crippen LogP contribution in [-0.4, -0.2) is 26.0 Å². The largest absolute Gasteiger partial charge is 0.497 e. The lowest BCUT2D eigenvalue weighted by Gasteiger charge is -2.16. The number of carbonyl (C=O) groups is 2. The minimum absolute atomic E-state index is 0.0288. The van der Waals surface area contributed by atoms with Crippen molar-refractivity contribution >= 4 is 28.8 Å². The normalized spacial score (nSPS) is 13.6. The Labute approximate surface area is 182 Å². The summed E-state index contributed by atoms with van der Waals surface area (Å²) in [5.74, 6) is -2.46. The molecule has 162 valence electrons. The van der Waals surface area contributed by atoms with Crippen molar-refractivity contribution in [3.63, 3.8) is 0 Å². The zero-order chi connectivity index (χ0) is 22.8. The molecule has 1 aliphatic rings. The SMILES string of the molecule is COc1cccc(NC2=C(c3ccccc3OC)C(=O)N(c3cc(F)ccc3F)C2=O)c1. The van der Waals surface area contributed by atoms with Crippen LogP contribution in [0.3, 0.4) is 0 Å². The van der Waals surface area contributed by atoms with Gasteiger partial charge in [-0.25, -0.2) is 13.7 Å². The zero-order valence-electron chi connectivity index (χ0n) is 17.2. The lowest BCUT2D eigenvalue weighted by atomic mass is 10.0. The van der Waals surface area contributed by atoms with Crippen molar-refractivity contribution in [2.75, 3.05) is 24.4 Å². The Morgan fingerprint density at radius 3 is 2.38 bits per heavy atom. The summed E-state index contributed by atoms with van der Waals surface area (Å²) in [6.45, 7) is 0. The second-order valence-electron chi connectivity index (χ2n) is 6.85. The number of methoxy groups -OCH3 is 2. The number of hydrogen-bond acceptors (Lipinski definition) is 5. The number of carbonyl (C=O) groups excluding carboxylic acids is 2. The lowest BCUT2D eigenvalue weighted by Crippen LogP contribution is -2.33.